The van der Waals surface area contributed by atoms with Crippen LogP contribution in [0.4, 0.5) is 0 Å². The Labute approximate surface area is 150 Å². The average Bonchev–Trinajstić information content (AvgIpc) is 2.39. The molecule has 3 atom stereocenters. The Morgan fingerprint density at radius 1 is 1.08 bits per heavy atom. The van der Waals surface area contributed by atoms with Gasteiger partial charge in [0.25, 0.3) is 0 Å². The van der Waals surface area contributed by atoms with E-state index >= 15 is 0 Å². The van der Waals surface area contributed by atoms with Crippen LogP contribution >= 0.6 is 15.2 Å². The van der Waals surface area contributed by atoms with Gasteiger partial charge in [-0.1, -0.05) is 26.2 Å². The van der Waals surface area contributed by atoms with Gasteiger partial charge >= 0.3 is 27.1 Å². The molecule has 0 aliphatic carbocycles. The van der Waals surface area contributed by atoms with Gasteiger partial charge in [-0.2, -0.15) is 0 Å². The van der Waals surface area contributed by atoms with Gasteiger partial charge in [0.05, 0.1) is 0 Å². The van der Waals surface area contributed by atoms with Crippen LogP contribution in [0, 0.1) is 0 Å². The third-order valence-corrected chi connectivity index (χ3v) is 7.09. The first kappa shape index (κ1) is 25.2. The molecule has 0 aliphatic heterocycles. The molecule has 0 saturated heterocycles. The normalized spacial score (nSPS) is 18.6. The fourth-order valence-corrected chi connectivity index (χ4v) is 5.00. The lowest BCUT2D eigenvalue weighted by molar-refractivity contribution is -0.142. The maximum Gasteiger partial charge on any atom is 0.342 e. The molecule has 0 aliphatic rings. The molecule has 0 saturated carbocycles. The van der Waals surface area contributed by atoms with Gasteiger partial charge in [-0.3, -0.25) is 18.7 Å². The molecule has 8 N–H and O–H groups in total. The summed E-state index contributed by atoms with van der Waals surface area (Å²) in [6.07, 6.45) is 0.00553. The van der Waals surface area contributed by atoms with Crippen LogP contribution in [0.5, 0.6) is 0 Å². The summed E-state index contributed by atoms with van der Waals surface area (Å²) in [4.78, 5) is 60.6. The van der Waals surface area contributed by atoms with Gasteiger partial charge < -0.3 is 35.5 Å². The minimum Gasteiger partial charge on any atom is -0.481 e. The molecule has 0 rings (SSSR count). The lowest BCUT2D eigenvalue weighted by Gasteiger charge is -2.38. The highest BCUT2D eigenvalue weighted by Gasteiger charge is 2.60. The maximum absolute atomic E-state index is 12.0. The Balaban J connectivity index is 6.08. The maximum atomic E-state index is 12.0. The topological polar surface area (TPSA) is 216 Å². The summed E-state index contributed by atoms with van der Waals surface area (Å²) in [5, 5.41) is 15.5. The molecule has 0 aromatic rings. The van der Waals surface area contributed by atoms with Crippen molar-refractivity contribution in [1.82, 2.24) is 0 Å². The highest BCUT2D eigenvalue weighted by molar-refractivity contribution is 7.55. The number of aliphatic carboxylic acids is 2. The van der Waals surface area contributed by atoms with Crippen molar-refractivity contribution < 1.29 is 48.5 Å². The predicted octanol–water partition coefficient (Wildman–Crippen LogP) is 0.696. The fourth-order valence-electron chi connectivity index (χ4n) is 2.79. The van der Waals surface area contributed by atoms with Crippen molar-refractivity contribution >= 4 is 27.1 Å². The predicted molar refractivity (Wildman–Crippen MR) is 91.8 cm³/mol. The van der Waals surface area contributed by atoms with Gasteiger partial charge in [0.2, 0.25) is 0 Å². The van der Waals surface area contributed by atoms with Crippen LogP contribution in [0.2, 0.25) is 0 Å². The smallest absolute Gasteiger partial charge is 0.342 e. The van der Waals surface area contributed by atoms with Crippen LogP contribution in [-0.4, -0.2) is 58.1 Å². The second-order valence-corrected chi connectivity index (χ2v) is 10.6. The second-order valence-electron chi connectivity index (χ2n) is 6.82. The molecule has 154 valence electrons. The Hall–Kier alpha value is -0.800. The van der Waals surface area contributed by atoms with Gasteiger partial charge in [0.1, 0.15) is 0 Å². The quantitative estimate of drug-likeness (QED) is 0.172. The lowest BCUT2D eigenvalue weighted by atomic mass is 9.82. The summed E-state index contributed by atoms with van der Waals surface area (Å²) < 4.78 is 23.4. The molecule has 26 heavy (non-hydrogen) atoms. The van der Waals surface area contributed by atoms with E-state index in [0.717, 1.165) is 12.8 Å². The summed E-state index contributed by atoms with van der Waals surface area (Å²) >= 11 is 0. The standard InChI is InChI=1S/C13H27NO10P2/c1-3-4-5-6-12(2,14)8-13(11(17)18,26(22,23)24)7-9(10(15)16)25(19,20)21/h9H,3-8,14H2,1-2H3,(H,15,16)(H,17,18)(H2,19,20,21)(H2,22,23,24). The average molecular weight is 419 g/mol. The zero-order valence-corrected chi connectivity index (χ0v) is 16.4. The first-order valence-corrected chi connectivity index (χ1v) is 11.2. The highest BCUT2D eigenvalue weighted by Crippen LogP contribution is 2.60. The largest absolute Gasteiger partial charge is 0.481 e. The minimum absolute atomic E-state index is 0.198. The molecule has 0 aromatic carbocycles. The van der Waals surface area contributed by atoms with Crippen molar-refractivity contribution in [3.05, 3.63) is 0 Å². The number of hydrogen-bond donors (Lipinski definition) is 7. The molecule has 0 spiro atoms. The first-order chi connectivity index (χ1) is 11.5. The van der Waals surface area contributed by atoms with Crippen LogP contribution in [0.15, 0.2) is 0 Å². The van der Waals surface area contributed by atoms with E-state index in [-0.39, 0.29) is 6.42 Å². The molecule has 0 amide bonds. The SMILES string of the molecule is CCCCCC(C)(N)CC(CC(C(=O)O)P(=O)(O)O)(C(=O)O)P(=O)(O)O. The number of carbonyl (C=O) groups is 2. The van der Waals surface area contributed by atoms with E-state index in [1.54, 1.807) is 0 Å². The number of rotatable bonds is 12. The molecule has 0 bridgehead atoms. The van der Waals surface area contributed by atoms with E-state index in [1.165, 1.54) is 6.92 Å². The summed E-state index contributed by atoms with van der Waals surface area (Å²) in [6.45, 7) is 3.27. The Morgan fingerprint density at radius 2 is 1.58 bits per heavy atom. The van der Waals surface area contributed by atoms with Crippen LogP contribution in [0.3, 0.4) is 0 Å². The van der Waals surface area contributed by atoms with Crippen LogP contribution in [0.1, 0.15) is 52.4 Å². The minimum atomic E-state index is -5.55. The van der Waals surface area contributed by atoms with Crippen LogP contribution in [0.25, 0.3) is 0 Å². The van der Waals surface area contributed by atoms with Crippen molar-refractivity contribution in [1.29, 1.82) is 0 Å². The molecule has 0 heterocycles. The Bertz CT molecular complexity index is 610. The molecule has 0 aromatic heterocycles. The zero-order chi connectivity index (χ0) is 21.0. The second kappa shape index (κ2) is 8.93. The monoisotopic (exact) mass is 419 g/mol. The van der Waals surface area contributed by atoms with E-state index in [2.05, 4.69) is 0 Å². The molecule has 13 heteroatoms. The van der Waals surface area contributed by atoms with Gasteiger partial charge in [0, 0.05) is 5.54 Å². The Kier molecular flexibility index (Phi) is 8.65. The summed E-state index contributed by atoms with van der Waals surface area (Å²) in [7, 11) is -10.9. The summed E-state index contributed by atoms with van der Waals surface area (Å²) in [5.74, 6) is -4.11. The molecule has 3 unspecified atom stereocenters. The highest BCUT2D eigenvalue weighted by atomic mass is 31.2. The zero-order valence-electron chi connectivity index (χ0n) is 14.6. The van der Waals surface area contributed by atoms with Crippen molar-refractivity contribution in [2.45, 2.75) is 68.7 Å². The van der Waals surface area contributed by atoms with Gasteiger partial charge in [-0.05, 0) is 26.2 Å². The van der Waals surface area contributed by atoms with Crippen molar-refractivity contribution in [3.63, 3.8) is 0 Å². The molecule has 0 radical (unpaired) electrons. The number of nitrogens with two attached hydrogens (primary N) is 1. The Morgan fingerprint density at radius 3 is 1.88 bits per heavy atom. The van der Waals surface area contributed by atoms with E-state index in [1.807, 2.05) is 6.92 Å². The third kappa shape index (κ3) is 6.74. The first-order valence-electron chi connectivity index (χ1n) is 7.86. The summed E-state index contributed by atoms with van der Waals surface area (Å²) in [5.41, 5.74) is 2.01. The van der Waals surface area contributed by atoms with E-state index in [9.17, 15) is 43.4 Å². The summed E-state index contributed by atoms with van der Waals surface area (Å²) in [6, 6.07) is 0. The van der Waals surface area contributed by atoms with E-state index < -0.39 is 56.3 Å². The van der Waals surface area contributed by atoms with Gasteiger partial charge in [-0.25, -0.2) is 0 Å². The van der Waals surface area contributed by atoms with Crippen LogP contribution in [-0.2, 0) is 18.7 Å². The van der Waals surface area contributed by atoms with Crippen molar-refractivity contribution in [2.75, 3.05) is 0 Å². The number of carboxylic acid groups (broad SMARTS) is 2. The van der Waals surface area contributed by atoms with E-state index in [0.29, 0.717) is 6.42 Å². The number of hydrogen-bond acceptors (Lipinski definition) is 5. The molecular formula is C13H27NO10P2. The molecule has 11 nitrogen and oxygen atoms in total. The fraction of sp³-hybridized carbons (Fsp3) is 0.846. The van der Waals surface area contributed by atoms with Crippen molar-refractivity contribution in [2.24, 2.45) is 5.73 Å². The van der Waals surface area contributed by atoms with Crippen LogP contribution < -0.4 is 5.73 Å². The van der Waals surface area contributed by atoms with Gasteiger partial charge in [-0.15, -0.1) is 0 Å². The molecule has 0 fully saturated rings. The molecular weight excluding hydrogens is 392 g/mol. The third-order valence-electron chi connectivity index (χ3n) is 4.23. The number of carboxylic acids is 2. The van der Waals surface area contributed by atoms with Crippen molar-refractivity contribution in [3.8, 4) is 0 Å². The van der Waals surface area contributed by atoms with Gasteiger partial charge in [0.15, 0.2) is 10.8 Å². The lowest BCUT2D eigenvalue weighted by Crippen LogP contribution is -2.52. The number of unbranched alkanes of at least 4 members (excludes halogenated alkanes) is 2. The van der Waals surface area contributed by atoms with E-state index in [4.69, 9.17) is 10.8 Å².